The third kappa shape index (κ3) is 2.26. The topological polar surface area (TPSA) is 69.7 Å². The highest BCUT2D eigenvalue weighted by atomic mass is 32.1. The standard InChI is InChI=1S/C18H18N6S/c1-4-12-7-10(1)9-24(12)18-19-13-5-6-25-16(13)17(21-18)20-15-8-14(22-23-15)11-2-3-11/h1,4-6,8,10-12H,2-3,7,9H2,(H2,19,20,21,22,23). The number of hydrogen-bond donors (Lipinski definition) is 2. The third-order valence-corrected chi connectivity index (χ3v) is 6.30. The predicted octanol–water partition coefficient (Wildman–Crippen LogP) is 3.80. The maximum atomic E-state index is 4.87. The highest BCUT2D eigenvalue weighted by molar-refractivity contribution is 7.17. The molecule has 3 aliphatic rings. The smallest absolute Gasteiger partial charge is 0.228 e. The second-order valence-electron chi connectivity index (χ2n) is 7.22. The first-order valence-corrected chi connectivity index (χ1v) is 9.74. The van der Waals surface area contributed by atoms with Gasteiger partial charge in [-0.15, -0.1) is 11.3 Å². The molecule has 4 heterocycles. The van der Waals surface area contributed by atoms with Gasteiger partial charge in [-0.05, 0) is 36.6 Å². The minimum Gasteiger partial charge on any atom is -0.334 e. The van der Waals surface area contributed by atoms with Crippen molar-refractivity contribution in [1.29, 1.82) is 0 Å². The summed E-state index contributed by atoms with van der Waals surface area (Å²) >= 11 is 1.67. The van der Waals surface area contributed by atoms with Gasteiger partial charge >= 0.3 is 0 Å². The molecule has 2 atom stereocenters. The number of thiophene rings is 1. The van der Waals surface area contributed by atoms with Gasteiger partial charge in [0.25, 0.3) is 0 Å². The molecule has 3 aromatic rings. The van der Waals surface area contributed by atoms with Crippen LogP contribution in [0.4, 0.5) is 17.6 Å². The van der Waals surface area contributed by atoms with Crippen molar-refractivity contribution in [3.63, 3.8) is 0 Å². The minimum absolute atomic E-state index is 0.445. The second-order valence-corrected chi connectivity index (χ2v) is 8.13. The maximum absolute atomic E-state index is 4.87. The lowest BCUT2D eigenvalue weighted by molar-refractivity contribution is 0.750. The lowest BCUT2D eigenvalue weighted by atomic mass is 10.2. The zero-order valence-corrected chi connectivity index (χ0v) is 14.5. The van der Waals surface area contributed by atoms with Crippen molar-refractivity contribution in [2.24, 2.45) is 5.92 Å². The van der Waals surface area contributed by atoms with E-state index in [1.807, 2.05) is 0 Å². The van der Waals surface area contributed by atoms with Crippen molar-refractivity contribution in [1.82, 2.24) is 20.2 Å². The average Bonchev–Trinajstić information content (AvgIpc) is 3.07. The van der Waals surface area contributed by atoms with Crippen LogP contribution < -0.4 is 10.2 Å². The van der Waals surface area contributed by atoms with E-state index in [0.29, 0.717) is 17.9 Å². The Hall–Kier alpha value is -2.41. The number of rotatable bonds is 4. The minimum atomic E-state index is 0.445. The molecule has 6 rings (SSSR count). The molecule has 0 spiro atoms. The molecule has 2 aliphatic carbocycles. The van der Waals surface area contributed by atoms with Gasteiger partial charge in [0.15, 0.2) is 11.6 Å². The van der Waals surface area contributed by atoms with Crippen molar-refractivity contribution in [3.8, 4) is 0 Å². The number of anilines is 3. The zero-order chi connectivity index (χ0) is 16.4. The average molecular weight is 350 g/mol. The first-order valence-electron chi connectivity index (χ1n) is 8.86. The van der Waals surface area contributed by atoms with Crippen LogP contribution in [0.3, 0.4) is 0 Å². The Labute approximate surface area is 149 Å². The second kappa shape index (κ2) is 5.05. The van der Waals surface area contributed by atoms with E-state index in [2.05, 4.69) is 50.1 Å². The van der Waals surface area contributed by atoms with E-state index in [9.17, 15) is 0 Å². The highest BCUT2D eigenvalue weighted by Crippen LogP contribution is 2.40. The van der Waals surface area contributed by atoms with Gasteiger partial charge in [-0.1, -0.05) is 12.2 Å². The molecular formula is C18H18N6S. The summed E-state index contributed by atoms with van der Waals surface area (Å²) in [6.45, 7) is 1.02. The van der Waals surface area contributed by atoms with E-state index in [0.717, 1.165) is 34.3 Å². The number of aromatic amines is 1. The van der Waals surface area contributed by atoms with Gasteiger partial charge in [-0.25, -0.2) is 4.98 Å². The molecule has 6 nitrogen and oxygen atoms in total. The van der Waals surface area contributed by atoms with Crippen molar-refractivity contribution < 1.29 is 0 Å². The van der Waals surface area contributed by atoms with Gasteiger partial charge in [-0.3, -0.25) is 5.10 Å². The monoisotopic (exact) mass is 350 g/mol. The molecule has 0 amide bonds. The summed E-state index contributed by atoms with van der Waals surface area (Å²) in [5.41, 5.74) is 2.23. The number of hydrogen-bond acceptors (Lipinski definition) is 6. The van der Waals surface area contributed by atoms with Gasteiger partial charge in [0.1, 0.15) is 0 Å². The van der Waals surface area contributed by atoms with E-state index in [4.69, 9.17) is 9.97 Å². The summed E-state index contributed by atoms with van der Waals surface area (Å²) in [5, 5.41) is 13.1. The fraction of sp³-hybridized carbons (Fsp3) is 0.389. The quantitative estimate of drug-likeness (QED) is 0.701. The van der Waals surface area contributed by atoms with Crippen LogP contribution in [-0.4, -0.2) is 32.8 Å². The lowest BCUT2D eigenvalue weighted by Crippen LogP contribution is -2.31. The van der Waals surface area contributed by atoms with E-state index in [-0.39, 0.29) is 0 Å². The molecule has 1 saturated heterocycles. The van der Waals surface area contributed by atoms with Gasteiger partial charge in [0.05, 0.1) is 16.3 Å². The fourth-order valence-electron chi connectivity index (χ4n) is 3.93. The van der Waals surface area contributed by atoms with E-state index in [1.165, 1.54) is 25.0 Å². The first-order chi connectivity index (χ1) is 12.3. The van der Waals surface area contributed by atoms with Crippen LogP contribution in [0.1, 0.15) is 30.9 Å². The number of aromatic nitrogens is 4. The molecule has 2 bridgehead atoms. The van der Waals surface area contributed by atoms with Crippen molar-refractivity contribution >= 4 is 39.1 Å². The molecule has 25 heavy (non-hydrogen) atoms. The summed E-state index contributed by atoms with van der Waals surface area (Å²) in [6, 6.07) is 4.63. The SMILES string of the molecule is C1=CC2CC1CN2c1nc(Nc2cc(C3CC3)[nH]n2)c2sccc2n1. The zero-order valence-electron chi connectivity index (χ0n) is 13.6. The van der Waals surface area contributed by atoms with Crippen LogP contribution in [0, 0.1) is 5.92 Å². The van der Waals surface area contributed by atoms with Gasteiger partial charge in [0.2, 0.25) is 5.95 Å². The molecule has 126 valence electrons. The van der Waals surface area contributed by atoms with Crippen LogP contribution in [0.25, 0.3) is 10.2 Å². The molecule has 2 fully saturated rings. The number of nitrogens with one attached hydrogen (secondary N) is 2. The molecule has 2 N–H and O–H groups in total. The summed E-state index contributed by atoms with van der Waals surface area (Å²) < 4.78 is 1.08. The third-order valence-electron chi connectivity index (χ3n) is 5.39. The first kappa shape index (κ1) is 13.8. The van der Waals surface area contributed by atoms with Gasteiger partial charge in [0, 0.05) is 24.2 Å². The number of H-pyrrole nitrogens is 1. The summed E-state index contributed by atoms with van der Waals surface area (Å²) in [4.78, 5) is 12.0. The van der Waals surface area contributed by atoms with Crippen molar-refractivity contribution in [2.45, 2.75) is 31.2 Å². The van der Waals surface area contributed by atoms with Crippen LogP contribution in [0.15, 0.2) is 29.7 Å². The van der Waals surface area contributed by atoms with Crippen molar-refractivity contribution in [2.75, 3.05) is 16.8 Å². The van der Waals surface area contributed by atoms with E-state index < -0.39 is 0 Å². The number of nitrogens with zero attached hydrogens (tertiary/aromatic N) is 4. The van der Waals surface area contributed by atoms with Gasteiger partial charge in [-0.2, -0.15) is 10.1 Å². The Morgan fingerprint density at radius 1 is 1.24 bits per heavy atom. The summed E-state index contributed by atoms with van der Waals surface area (Å²) in [7, 11) is 0. The fourth-order valence-corrected chi connectivity index (χ4v) is 4.70. The Morgan fingerprint density at radius 3 is 3.00 bits per heavy atom. The van der Waals surface area contributed by atoms with Crippen molar-refractivity contribution in [3.05, 3.63) is 35.4 Å². The Morgan fingerprint density at radius 2 is 2.20 bits per heavy atom. The maximum Gasteiger partial charge on any atom is 0.228 e. The largest absolute Gasteiger partial charge is 0.334 e. The molecule has 0 aromatic carbocycles. The lowest BCUT2D eigenvalue weighted by Gasteiger charge is -2.24. The predicted molar refractivity (Wildman–Crippen MR) is 99.6 cm³/mol. The molecular weight excluding hydrogens is 332 g/mol. The van der Waals surface area contributed by atoms with Crippen LogP contribution in [0.5, 0.6) is 0 Å². The van der Waals surface area contributed by atoms with Crippen LogP contribution in [0.2, 0.25) is 0 Å². The summed E-state index contributed by atoms with van der Waals surface area (Å²) in [6.07, 6.45) is 8.33. The van der Waals surface area contributed by atoms with Crippen LogP contribution in [-0.2, 0) is 0 Å². The molecule has 1 saturated carbocycles. The summed E-state index contributed by atoms with van der Waals surface area (Å²) in [5.74, 6) is 3.83. The van der Waals surface area contributed by atoms with E-state index in [1.54, 1.807) is 11.3 Å². The highest BCUT2D eigenvalue weighted by Gasteiger charge is 2.35. The molecule has 3 aromatic heterocycles. The molecule has 7 heteroatoms. The Kier molecular flexibility index (Phi) is 2.79. The normalized spacial score (nSPS) is 24.6. The number of fused-ring (bicyclic) bond motifs is 3. The molecule has 2 unspecified atom stereocenters. The molecule has 0 radical (unpaired) electrons. The van der Waals surface area contributed by atoms with Gasteiger partial charge < -0.3 is 10.2 Å². The Bertz CT molecular complexity index is 985. The molecule has 1 aliphatic heterocycles. The van der Waals surface area contributed by atoms with E-state index >= 15 is 0 Å². The Balaban J connectivity index is 1.38. The van der Waals surface area contributed by atoms with Crippen LogP contribution >= 0.6 is 11.3 Å².